The van der Waals surface area contributed by atoms with Crippen molar-refractivity contribution in [1.29, 1.82) is 0 Å². The molecule has 162 valence electrons. The van der Waals surface area contributed by atoms with Gasteiger partial charge < -0.3 is 9.64 Å². The molecule has 2 heterocycles. The van der Waals surface area contributed by atoms with Gasteiger partial charge in [0.05, 0.1) is 23.9 Å². The van der Waals surface area contributed by atoms with Crippen LogP contribution < -0.4 is 0 Å². The quantitative estimate of drug-likeness (QED) is 0.539. The molecule has 2 aromatic rings. The first kappa shape index (κ1) is 21.3. The average Bonchev–Trinajstić information content (AvgIpc) is 3.40. The molecule has 0 spiro atoms. The number of methoxy groups -OCH3 is 1. The number of carbonyl (C=O) groups is 1. The maximum atomic E-state index is 13.0. The zero-order chi connectivity index (χ0) is 21.1. The molecule has 0 N–H and O–H groups in total. The number of ether oxygens (including phenoxy) is 1. The number of hydrogen-bond donors (Lipinski definition) is 0. The molecule has 1 saturated carbocycles. The molecule has 0 radical (unpaired) electrons. The molecule has 2 fully saturated rings. The fourth-order valence-corrected chi connectivity index (χ4v) is 6.31. The van der Waals surface area contributed by atoms with E-state index >= 15 is 0 Å². The molecule has 1 aliphatic carbocycles. The second-order valence-electron chi connectivity index (χ2n) is 7.71. The van der Waals surface area contributed by atoms with Crippen LogP contribution >= 0.6 is 11.8 Å². The van der Waals surface area contributed by atoms with E-state index in [1.54, 1.807) is 12.0 Å². The van der Waals surface area contributed by atoms with Crippen LogP contribution in [-0.4, -0.2) is 77.6 Å². The van der Waals surface area contributed by atoms with Crippen LogP contribution in [0.3, 0.4) is 0 Å². The van der Waals surface area contributed by atoms with Gasteiger partial charge in [-0.05, 0) is 31.4 Å². The van der Waals surface area contributed by atoms with Crippen LogP contribution in [-0.2, 0) is 19.4 Å². The van der Waals surface area contributed by atoms with Crippen molar-refractivity contribution in [2.75, 3.05) is 37.5 Å². The van der Waals surface area contributed by atoms with Gasteiger partial charge >= 0.3 is 0 Å². The molecular weight excluding hydrogens is 424 g/mol. The zero-order valence-electron chi connectivity index (χ0n) is 16.9. The minimum Gasteiger partial charge on any atom is -0.383 e. The SMILES string of the molecule is COCCN(C(=O)CSc1nnc(C2CC2)n1-c1ccccc1)[C@H]1CCS(=O)(=O)C1. The van der Waals surface area contributed by atoms with Gasteiger partial charge in [-0.3, -0.25) is 9.36 Å². The Morgan fingerprint density at radius 2 is 2.00 bits per heavy atom. The van der Waals surface area contributed by atoms with Crippen LogP contribution in [0.15, 0.2) is 35.5 Å². The molecule has 10 heteroatoms. The molecule has 4 rings (SSSR count). The normalized spacial score (nSPS) is 20.4. The van der Waals surface area contributed by atoms with Crippen LogP contribution in [0.1, 0.15) is 31.0 Å². The molecule has 0 bridgehead atoms. The predicted molar refractivity (Wildman–Crippen MR) is 115 cm³/mol. The van der Waals surface area contributed by atoms with Crippen molar-refractivity contribution >= 4 is 27.5 Å². The van der Waals surface area contributed by atoms with Gasteiger partial charge in [-0.15, -0.1) is 10.2 Å². The molecule has 1 atom stereocenters. The lowest BCUT2D eigenvalue weighted by Crippen LogP contribution is -2.44. The lowest BCUT2D eigenvalue weighted by atomic mass is 10.2. The van der Waals surface area contributed by atoms with Crippen molar-refractivity contribution in [2.45, 2.75) is 36.4 Å². The molecule has 1 saturated heterocycles. The van der Waals surface area contributed by atoms with Crippen molar-refractivity contribution in [3.05, 3.63) is 36.2 Å². The van der Waals surface area contributed by atoms with Gasteiger partial charge in [-0.25, -0.2) is 8.42 Å². The highest BCUT2D eigenvalue weighted by atomic mass is 32.2. The molecule has 8 nitrogen and oxygen atoms in total. The highest BCUT2D eigenvalue weighted by Gasteiger charge is 2.35. The first-order chi connectivity index (χ1) is 14.5. The number of rotatable bonds is 9. The first-order valence-electron chi connectivity index (χ1n) is 10.1. The Morgan fingerprint density at radius 3 is 2.63 bits per heavy atom. The van der Waals surface area contributed by atoms with Crippen molar-refractivity contribution < 1.29 is 17.9 Å². The number of carbonyl (C=O) groups excluding carboxylic acids is 1. The van der Waals surface area contributed by atoms with Gasteiger partial charge in [-0.2, -0.15) is 0 Å². The van der Waals surface area contributed by atoms with Gasteiger partial charge in [0, 0.05) is 31.3 Å². The van der Waals surface area contributed by atoms with Gasteiger partial charge in [0.2, 0.25) is 5.91 Å². The van der Waals surface area contributed by atoms with E-state index in [0.29, 0.717) is 30.6 Å². The Hall–Kier alpha value is -1.91. The molecular formula is C20H26N4O4S2. The number of thioether (sulfide) groups is 1. The molecule has 2 aliphatic rings. The number of para-hydroxylation sites is 1. The smallest absolute Gasteiger partial charge is 0.233 e. The van der Waals surface area contributed by atoms with Crippen LogP contribution in [0.25, 0.3) is 5.69 Å². The summed E-state index contributed by atoms with van der Waals surface area (Å²) in [4.78, 5) is 14.7. The number of benzene rings is 1. The second-order valence-corrected chi connectivity index (χ2v) is 10.9. The summed E-state index contributed by atoms with van der Waals surface area (Å²) in [7, 11) is -1.50. The maximum Gasteiger partial charge on any atom is 0.233 e. The van der Waals surface area contributed by atoms with Crippen molar-refractivity contribution in [1.82, 2.24) is 19.7 Å². The molecule has 1 aliphatic heterocycles. The van der Waals surface area contributed by atoms with Crippen LogP contribution in [0.5, 0.6) is 0 Å². The van der Waals surface area contributed by atoms with Gasteiger partial charge in [-0.1, -0.05) is 30.0 Å². The Bertz CT molecular complexity index is 989. The van der Waals surface area contributed by atoms with E-state index in [-0.39, 0.29) is 29.2 Å². The van der Waals surface area contributed by atoms with E-state index in [2.05, 4.69) is 10.2 Å². The van der Waals surface area contributed by atoms with Crippen LogP contribution in [0, 0.1) is 0 Å². The summed E-state index contributed by atoms with van der Waals surface area (Å²) in [5.41, 5.74) is 0.984. The predicted octanol–water partition coefficient (Wildman–Crippen LogP) is 1.90. The highest BCUT2D eigenvalue weighted by molar-refractivity contribution is 7.99. The van der Waals surface area contributed by atoms with Gasteiger partial charge in [0.15, 0.2) is 15.0 Å². The number of aromatic nitrogens is 3. The molecule has 1 amide bonds. The minimum absolute atomic E-state index is 0.0269. The first-order valence-corrected chi connectivity index (χ1v) is 12.9. The number of sulfone groups is 1. The van der Waals surface area contributed by atoms with E-state index in [1.807, 2.05) is 34.9 Å². The molecule has 0 unspecified atom stereocenters. The van der Waals surface area contributed by atoms with E-state index in [0.717, 1.165) is 24.4 Å². The Morgan fingerprint density at radius 1 is 1.23 bits per heavy atom. The summed E-state index contributed by atoms with van der Waals surface area (Å²) in [6.45, 7) is 0.758. The third-order valence-corrected chi connectivity index (χ3v) is 8.11. The summed E-state index contributed by atoms with van der Waals surface area (Å²) >= 11 is 1.34. The molecule has 1 aromatic carbocycles. The van der Waals surface area contributed by atoms with E-state index in [9.17, 15) is 13.2 Å². The lowest BCUT2D eigenvalue weighted by Gasteiger charge is -2.28. The maximum absolute atomic E-state index is 13.0. The number of amides is 1. The summed E-state index contributed by atoms with van der Waals surface area (Å²) in [6.07, 6.45) is 2.69. The van der Waals surface area contributed by atoms with Crippen molar-refractivity contribution in [3.8, 4) is 5.69 Å². The average molecular weight is 451 g/mol. The third-order valence-electron chi connectivity index (χ3n) is 5.45. The largest absolute Gasteiger partial charge is 0.383 e. The summed E-state index contributed by atoms with van der Waals surface area (Å²) in [5.74, 6) is 1.60. The minimum atomic E-state index is -3.08. The Kier molecular flexibility index (Phi) is 6.45. The monoisotopic (exact) mass is 450 g/mol. The fraction of sp³-hybridized carbons (Fsp3) is 0.550. The molecule has 30 heavy (non-hydrogen) atoms. The number of hydrogen-bond acceptors (Lipinski definition) is 7. The topological polar surface area (TPSA) is 94.4 Å². The Balaban J connectivity index is 1.50. The third kappa shape index (κ3) is 4.87. The van der Waals surface area contributed by atoms with E-state index < -0.39 is 9.84 Å². The second kappa shape index (κ2) is 9.07. The Labute approximate surface area is 180 Å². The highest BCUT2D eigenvalue weighted by Crippen LogP contribution is 2.41. The fourth-order valence-electron chi connectivity index (χ4n) is 3.73. The van der Waals surface area contributed by atoms with Crippen molar-refractivity contribution in [3.63, 3.8) is 0 Å². The summed E-state index contributed by atoms with van der Waals surface area (Å²) < 4.78 is 31.0. The van der Waals surface area contributed by atoms with Crippen molar-refractivity contribution in [2.24, 2.45) is 0 Å². The van der Waals surface area contributed by atoms with Crippen LogP contribution in [0.4, 0.5) is 0 Å². The van der Waals surface area contributed by atoms with E-state index in [4.69, 9.17) is 4.74 Å². The number of nitrogens with zero attached hydrogens (tertiary/aromatic N) is 4. The van der Waals surface area contributed by atoms with Crippen LogP contribution in [0.2, 0.25) is 0 Å². The standard InChI is InChI=1S/C20H26N4O4S2/c1-28-11-10-23(17-9-12-30(26,27)14-17)18(25)13-29-20-22-21-19(15-7-8-15)24(20)16-5-3-2-4-6-16/h2-6,15,17H,7-14H2,1H3/t17-/m0/s1. The molecule has 1 aromatic heterocycles. The van der Waals surface area contributed by atoms with Gasteiger partial charge in [0.1, 0.15) is 5.82 Å². The lowest BCUT2D eigenvalue weighted by molar-refractivity contribution is -0.130. The van der Waals surface area contributed by atoms with Gasteiger partial charge in [0.25, 0.3) is 0 Å². The van der Waals surface area contributed by atoms with E-state index in [1.165, 1.54) is 11.8 Å². The summed E-state index contributed by atoms with van der Waals surface area (Å²) in [6, 6.07) is 9.64. The zero-order valence-corrected chi connectivity index (χ0v) is 18.6. The summed E-state index contributed by atoms with van der Waals surface area (Å²) in [5, 5.41) is 9.43.